The van der Waals surface area contributed by atoms with E-state index in [1.807, 2.05) is 0 Å². The molecule has 0 saturated carbocycles. The Labute approximate surface area is 188 Å². The molecule has 1 saturated heterocycles. The monoisotopic (exact) mass is 460 g/mol. The number of pyridine rings is 2. The molecule has 1 N–H and O–H groups in total. The van der Waals surface area contributed by atoms with Crippen molar-refractivity contribution in [3.63, 3.8) is 0 Å². The Morgan fingerprint density at radius 3 is 2.81 bits per heavy atom. The van der Waals surface area contributed by atoms with Gasteiger partial charge in [-0.15, -0.1) is 5.10 Å². The first-order valence-electron chi connectivity index (χ1n) is 9.69. The van der Waals surface area contributed by atoms with Gasteiger partial charge in [-0.05, 0) is 43.4 Å². The van der Waals surface area contributed by atoms with Crippen LogP contribution in [0.15, 0.2) is 36.8 Å². The van der Waals surface area contributed by atoms with E-state index in [4.69, 9.17) is 21.1 Å². The number of morpholine rings is 1. The molecule has 2 atom stereocenters. The molecule has 0 radical (unpaired) electrons. The van der Waals surface area contributed by atoms with Crippen molar-refractivity contribution in [1.29, 1.82) is 0 Å². The van der Waals surface area contributed by atoms with Crippen molar-refractivity contribution in [2.75, 3.05) is 23.4 Å². The van der Waals surface area contributed by atoms with Gasteiger partial charge >= 0.3 is 0 Å². The smallest absolute Gasteiger partial charge is 0.296 e. The van der Waals surface area contributed by atoms with Crippen molar-refractivity contribution in [3.8, 4) is 5.19 Å². The molecule has 1 aliphatic rings. The summed E-state index contributed by atoms with van der Waals surface area (Å²) in [6.45, 7) is 5.54. The maximum Gasteiger partial charge on any atom is 0.296 e. The molecular weight excluding hydrogens is 440 g/mol. The van der Waals surface area contributed by atoms with Crippen LogP contribution in [-0.4, -0.2) is 51.4 Å². The number of nitrogens with zero attached hydrogens (tertiary/aromatic N) is 5. The van der Waals surface area contributed by atoms with Gasteiger partial charge in [0.05, 0.1) is 53.5 Å². The van der Waals surface area contributed by atoms with Gasteiger partial charge in [-0.2, -0.15) is 0 Å². The van der Waals surface area contributed by atoms with E-state index >= 15 is 0 Å². The third-order valence-electron chi connectivity index (χ3n) is 4.75. The minimum atomic E-state index is -0.287. The van der Waals surface area contributed by atoms with Crippen molar-refractivity contribution in [2.24, 2.45) is 0 Å². The zero-order valence-corrected chi connectivity index (χ0v) is 18.6. The van der Waals surface area contributed by atoms with Crippen LogP contribution in [0.4, 0.5) is 10.8 Å². The van der Waals surface area contributed by atoms with Crippen LogP contribution in [0.2, 0.25) is 5.02 Å². The number of carbonyl (C=O) groups is 1. The predicted molar refractivity (Wildman–Crippen MR) is 118 cm³/mol. The second-order valence-electron chi connectivity index (χ2n) is 7.12. The molecule has 4 rings (SSSR count). The Hall–Kier alpha value is -2.82. The lowest BCUT2D eigenvalue weighted by atomic mass is 10.1. The molecule has 1 unspecified atom stereocenters. The molecule has 1 aliphatic heterocycles. The maximum absolute atomic E-state index is 13.0. The van der Waals surface area contributed by atoms with Gasteiger partial charge in [0, 0.05) is 12.4 Å². The summed E-state index contributed by atoms with van der Waals surface area (Å²) in [5.41, 5.74) is 1.98. The van der Waals surface area contributed by atoms with Gasteiger partial charge in [0.2, 0.25) is 5.13 Å². The van der Waals surface area contributed by atoms with Crippen LogP contribution in [0, 0.1) is 0 Å². The van der Waals surface area contributed by atoms with Gasteiger partial charge in [0.25, 0.3) is 11.1 Å². The summed E-state index contributed by atoms with van der Waals surface area (Å²) < 4.78 is 11.2. The Kier molecular flexibility index (Phi) is 6.59. The van der Waals surface area contributed by atoms with Crippen LogP contribution in [0.25, 0.3) is 0 Å². The Morgan fingerprint density at radius 2 is 2.06 bits per heavy atom. The fraction of sp³-hybridized carbons (Fsp3) is 0.350. The number of rotatable bonds is 6. The summed E-state index contributed by atoms with van der Waals surface area (Å²) in [7, 11) is 0. The van der Waals surface area contributed by atoms with Gasteiger partial charge in [-0.3, -0.25) is 20.1 Å². The van der Waals surface area contributed by atoms with Crippen LogP contribution < -0.4 is 15.0 Å². The highest BCUT2D eigenvalue weighted by molar-refractivity contribution is 7.17. The molecule has 31 heavy (non-hydrogen) atoms. The number of carbonyl (C=O) groups excluding carboxylic acids is 1. The molecule has 162 valence electrons. The molecule has 0 aromatic carbocycles. The van der Waals surface area contributed by atoms with Crippen molar-refractivity contribution >= 4 is 39.7 Å². The van der Waals surface area contributed by atoms with Crippen molar-refractivity contribution < 1.29 is 14.3 Å². The van der Waals surface area contributed by atoms with Crippen LogP contribution in [0.3, 0.4) is 0 Å². The van der Waals surface area contributed by atoms with Crippen LogP contribution in [0.5, 0.6) is 5.19 Å². The third kappa shape index (κ3) is 5.09. The summed E-state index contributed by atoms with van der Waals surface area (Å²) in [5.74, 6) is -0.287. The molecule has 9 nitrogen and oxygen atoms in total. The third-order valence-corrected chi connectivity index (χ3v) is 5.72. The van der Waals surface area contributed by atoms with Gasteiger partial charge in [0.15, 0.2) is 0 Å². The number of aromatic nitrogens is 4. The first kappa shape index (κ1) is 21.4. The Bertz CT molecular complexity index is 1040. The van der Waals surface area contributed by atoms with E-state index in [1.54, 1.807) is 36.8 Å². The molecule has 0 spiro atoms. The van der Waals surface area contributed by atoms with Crippen LogP contribution in [-0.2, 0) is 11.3 Å². The number of halogens is 1. The average Bonchev–Trinajstić information content (AvgIpc) is 3.21. The number of hydrogen-bond acceptors (Lipinski definition) is 9. The van der Waals surface area contributed by atoms with Gasteiger partial charge in [-0.1, -0.05) is 16.7 Å². The lowest BCUT2D eigenvalue weighted by Gasteiger charge is -2.41. The second kappa shape index (κ2) is 9.54. The lowest BCUT2D eigenvalue weighted by molar-refractivity contribution is 0.0754. The van der Waals surface area contributed by atoms with E-state index in [2.05, 4.69) is 44.2 Å². The minimum absolute atomic E-state index is 0.127. The van der Waals surface area contributed by atoms with Gasteiger partial charge < -0.3 is 14.4 Å². The van der Waals surface area contributed by atoms with E-state index in [-0.39, 0.29) is 24.6 Å². The van der Waals surface area contributed by atoms with E-state index in [9.17, 15) is 4.79 Å². The molecule has 1 amide bonds. The first-order valence-corrected chi connectivity index (χ1v) is 10.9. The fourth-order valence-corrected chi connectivity index (χ4v) is 4.08. The second-order valence-corrected chi connectivity index (χ2v) is 8.50. The summed E-state index contributed by atoms with van der Waals surface area (Å²) in [4.78, 5) is 23.5. The fourth-order valence-electron chi connectivity index (χ4n) is 3.37. The number of nitrogens with one attached hydrogen (secondary N) is 1. The Morgan fingerprint density at radius 1 is 1.26 bits per heavy atom. The molecule has 1 fully saturated rings. The first-order chi connectivity index (χ1) is 15.0. The van der Waals surface area contributed by atoms with E-state index in [0.717, 1.165) is 17.0 Å². The molecule has 4 heterocycles. The summed E-state index contributed by atoms with van der Waals surface area (Å²) in [6, 6.07) is 5.46. The summed E-state index contributed by atoms with van der Waals surface area (Å²) in [5, 5.41) is 12.0. The van der Waals surface area contributed by atoms with Crippen molar-refractivity contribution in [3.05, 3.63) is 53.1 Å². The molecular formula is C20H21ClN6O3S. The molecule has 0 aliphatic carbocycles. The molecule has 3 aromatic heterocycles. The largest absolute Gasteiger partial charge is 0.462 e. The minimum Gasteiger partial charge on any atom is -0.462 e. The lowest BCUT2D eigenvalue weighted by Crippen LogP contribution is -2.50. The van der Waals surface area contributed by atoms with E-state index in [0.29, 0.717) is 39.8 Å². The number of ether oxygens (including phenoxy) is 2. The molecule has 3 aromatic rings. The van der Waals surface area contributed by atoms with Gasteiger partial charge in [-0.25, -0.2) is 0 Å². The van der Waals surface area contributed by atoms with Crippen LogP contribution in [0.1, 0.15) is 29.9 Å². The van der Waals surface area contributed by atoms with Crippen molar-refractivity contribution in [2.45, 2.75) is 32.5 Å². The quantitative estimate of drug-likeness (QED) is 0.596. The van der Waals surface area contributed by atoms with Crippen molar-refractivity contribution in [1.82, 2.24) is 20.2 Å². The zero-order valence-electron chi connectivity index (χ0n) is 17.0. The van der Waals surface area contributed by atoms with E-state index < -0.39 is 0 Å². The average molecular weight is 461 g/mol. The number of hydrogen-bond donors (Lipinski definition) is 1. The Balaban J connectivity index is 1.44. The van der Waals surface area contributed by atoms with Crippen LogP contribution >= 0.6 is 22.9 Å². The highest BCUT2D eigenvalue weighted by atomic mass is 35.5. The normalized spacial score (nSPS) is 18.6. The van der Waals surface area contributed by atoms with Gasteiger partial charge in [0.1, 0.15) is 6.61 Å². The topological polar surface area (TPSA) is 102 Å². The molecule has 11 heteroatoms. The number of anilines is 2. The van der Waals surface area contributed by atoms with E-state index in [1.165, 1.54) is 0 Å². The summed E-state index contributed by atoms with van der Waals surface area (Å²) >= 11 is 6.97. The highest BCUT2D eigenvalue weighted by Gasteiger charge is 2.29. The standard InChI is InChI=1S/C20H21ClN6O3S/c1-12-9-29-10-13(2)27(12)17-8-22-6-5-16(17)18(28)24-19-25-26-20(31-19)30-11-15-4-3-14(21)7-23-15/h3-8,12-13H,9-11H2,1-2H3,(H,24,25,28)/t12-,13?/m1/s1. The highest BCUT2D eigenvalue weighted by Crippen LogP contribution is 2.28. The zero-order chi connectivity index (χ0) is 21.8. The maximum atomic E-state index is 13.0. The summed E-state index contributed by atoms with van der Waals surface area (Å²) in [6.07, 6.45) is 4.86. The molecule has 0 bridgehead atoms. The number of amides is 1. The SMILES string of the molecule is CC1COC[C@@H](C)N1c1cnccc1C(=O)Nc1nnc(OCc2ccc(Cl)cn2)s1. The predicted octanol–water partition coefficient (Wildman–Crippen LogP) is 3.43.